The van der Waals surface area contributed by atoms with Crippen molar-refractivity contribution < 1.29 is 0 Å². The van der Waals surface area contributed by atoms with Gasteiger partial charge in [0.05, 0.1) is 0 Å². The molecule has 0 amide bonds. The maximum atomic E-state index is 4.33. The summed E-state index contributed by atoms with van der Waals surface area (Å²) in [7, 11) is 0. The van der Waals surface area contributed by atoms with Crippen molar-refractivity contribution in [1.82, 2.24) is 0 Å². The summed E-state index contributed by atoms with van der Waals surface area (Å²) in [6.45, 7) is 16.9. The molecule has 0 fully saturated rings. The van der Waals surface area contributed by atoms with Crippen LogP contribution < -0.4 is 0 Å². The lowest BCUT2D eigenvalue weighted by Crippen LogP contribution is -1.91. The van der Waals surface area contributed by atoms with Gasteiger partial charge in [-0.15, -0.1) is 0 Å². The largest absolute Gasteiger partial charge is 0.0984 e. The minimum Gasteiger partial charge on any atom is -0.0984 e. The van der Waals surface area contributed by atoms with Crippen LogP contribution in [-0.2, 0) is 0 Å². The van der Waals surface area contributed by atoms with Crippen molar-refractivity contribution in [2.45, 2.75) is 27.7 Å². The zero-order chi connectivity index (χ0) is 23.1. The Hall–Kier alpha value is -3.64. The van der Waals surface area contributed by atoms with Gasteiger partial charge in [-0.3, -0.25) is 0 Å². The fourth-order valence-electron chi connectivity index (χ4n) is 3.94. The second-order valence-corrected chi connectivity index (χ2v) is 8.11. The van der Waals surface area contributed by atoms with Crippen molar-refractivity contribution in [3.05, 3.63) is 144 Å². The van der Waals surface area contributed by atoms with E-state index in [1.807, 2.05) is 12.1 Å². The monoisotopic (exact) mass is 416 g/mol. The quantitative estimate of drug-likeness (QED) is 0.337. The van der Waals surface area contributed by atoms with E-state index in [-0.39, 0.29) is 0 Å². The fraction of sp³-hybridized carbons (Fsp3) is 0.125. The van der Waals surface area contributed by atoms with E-state index in [0.717, 1.165) is 22.3 Å². The molecule has 0 nitrogen and oxygen atoms in total. The molecule has 0 aliphatic heterocycles. The molecular weight excluding hydrogens is 384 g/mol. The topological polar surface area (TPSA) is 0 Å². The zero-order valence-electron chi connectivity index (χ0n) is 19.7. The summed E-state index contributed by atoms with van der Waals surface area (Å²) in [5.41, 5.74) is 11.8. The van der Waals surface area contributed by atoms with Gasteiger partial charge in [0, 0.05) is 0 Å². The maximum absolute atomic E-state index is 4.33. The van der Waals surface area contributed by atoms with Crippen molar-refractivity contribution in [2.24, 2.45) is 0 Å². The van der Waals surface area contributed by atoms with Gasteiger partial charge >= 0.3 is 0 Å². The molecule has 0 heteroatoms. The Morgan fingerprint density at radius 1 is 0.750 bits per heavy atom. The van der Waals surface area contributed by atoms with E-state index in [0.29, 0.717) is 0 Å². The molecule has 0 aliphatic rings. The molecule has 0 radical (unpaired) electrons. The second kappa shape index (κ2) is 10.6. The lowest BCUT2D eigenvalue weighted by Gasteiger charge is -2.13. The van der Waals surface area contributed by atoms with E-state index in [9.17, 15) is 0 Å². The van der Waals surface area contributed by atoms with Crippen LogP contribution >= 0.6 is 0 Å². The van der Waals surface area contributed by atoms with Crippen molar-refractivity contribution in [1.29, 1.82) is 0 Å². The molecule has 0 aromatic heterocycles. The molecule has 3 rings (SSSR count). The van der Waals surface area contributed by atoms with Gasteiger partial charge in [0.15, 0.2) is 0 Å². The zero-order valence-corrected chi connectivity index (χ0v) is 19.7. The van der Waals surface area contributed by atoms with Crippen LogP contribution in [0.2, 0.25) is 0 Å². The van der Waals surface area contributed by atoms with Crippen molar-refractivity contribution in [2.75, 3.05) is 0 Å². The van der Waals surface area contributed by atoms with Gasteiger partial charge < -0.3 is 0 Å². The summed E-state index contributed by atoms with van der Waals surface area (Å²) in [6, 6.07) is 25.6. The summed E-state index contributed by atoms with van der Waals surface area (Å²) in [5, 5.41) is 0. The molecule has 3 aromatic carbocycles. The van der Waals surface area contributed by atoms with Gasteiger partial charge in [-0.1, -0.05) is 104 Å². The number of aryl methyl sites for hydroxylation is 2. The number of allylic oxidation sites excluding steroid dienone is 8. The third-order valence-corrected chi connectivity index (χ3v) is 5.83. The Bertz CT molecular complexity index is 1210. The summed E-state index contributed by atoms with van der Waals surface area (Å²) in [5.74, 6) is 0. The van der Waals surface area contributed by atoms with Gasteiger partial charge in [0.1, 0.15) is 0 Å². The highest BCUT2D eigenvalue weighted by atomic mass is 14.1. The van der Waals surface area contributed by atoms with E-state index in [4.69, 9.17) is 0 Å². The number of benzene rings is 3. The average Bonchev–Trinajstić information content (AvgIpc) is 2.81. The minimum atomic E-state index is 0.987. The van der Waals surface area contributed by atoms with Crippen molar-refractivity contribution in [3.63, 3.8) is 0 Å². The van der Waals surface area contributed by atoms with E-state index in [1.54, 1.807) is 0 Å². The van der Waals surface area contributed by atoms with Crippen LogP contribution in [0.3, 0.4) is 0 Å². The lowest BCUT2D eigenvalue weighted by atomic mass is 9.92. The molecule has 0 saturated carbocycles. The Balaban J connectivity index is 1.92. The summed E-state index contributed by atoms with van der Waals surface area (Å²) < 4.78 is 0. The number of rotatable bonds is 7. The van der Waals surface area contributed by atoms with E-state index >= 15 is 0 Å². The third-order valence-electron chi connectivity index (χ3n) is 5.83. The van der Waals surface area contributed by atoms with Crippen LogP contribution in [0.1, 0.15) is 36.1 Å². The van der Waals surface area contributed by atoms with Crippen LogP contribution in [0.5, 0.6) is 0 Å². The summed E-state index contributed by atoms with van der Waals surface area (Å²) in [6.07, 6.45) is 8.35. The molecule has 160 valence electrons. The molecule has 3 aromatic rings. The molecule has 0 saturated heterocycles. The average molecular weight is 417 g/mol. The van der Waals surface area contributed by atoms with Crippen LogP contribution in [0, 0.1) is 13.8 Å². The smallest absolute Gasteiger partial charge is 0.0152 e. The molecule has 0 heterocycles. The predicted octanol–water partition coefficient (Wildman–Crippen LogP) is 9.15. The molecule has 0 bridgehead atoms. The van der Waals surface area contributed by atoms with E-state index in [1.165, 1.54) is 33.4 Å². The lowest BCUT2D eigenvalue weighted by molar-refractivity contribution is 1.40. The van der Waals surface area contributed by atoms with Gasteiger partial charge in [-0.05, 0) is 89.4 Å². The molecule has 0 atom stereocenters. The van der Waals surface area contributed by atoms with Crippen LogP contribution in [-0.4, -0.2) is 0 Å². The van der Waals surface area contributed by atoms with Gasteiger partial charge in [-0.25, -0.2) is 0 Å². The molecule has 0 aliphatic carbocycles. The van der Waals surface area contributed by atoms with E-state index in [2.05, 4.69) is 126 Å². The Morgan fingerprint density at radius 2 is 1.41 bits per heavy atom. The predicted molar refractivity (Wildman–Crippen MR) is 143 cm³/mol. The maximum Gasteiger partial charge on any atom is -0.0152 e. The first-order chi connectivity index (χ1) is 15.4. The van der Waals surface area contributed by atoms with Gasteiger partial charge in [0.2, 0.25) is 0 Å². The van der Waals surface area contributed by atoms with E-state index < -0.39 is 0 Å². The SMILES string of the molecule is C=C/C(=C\C(=C/C)C(=C)/C=C(\C)c1ccccc1)c1ccc(-c2ccccc2C)c(C)c1. The number of hydrogen-bond acceptors (Lipinski definition) is 0. The van der Waals surface area contributed by atoms with Gasteiger partial charge in [0.25, 0.3) is 0 Å². The van der Waals surface area contributed by atoms with Gasteiger partial charge in [-0.2, -0.15) is 0 Å². The fourth-order valence-corrected chi connectivity index (χ4v) is 3.94. The first kappa shape index (κ1) is 23.0. The summed E-state index contributed by atoms with van der Waals surface area (Å²) >= 11 is 0. The molecule has 0 N–H and O–H groups in total. The minimum absolute atomic E-state index is 0.987. The van der Waals surface area contributed by atoms with Crippen molar-refractivity contribution >= 4 is 11.1 Å². The Kier molecular flexibility index (Phi) is 7.63. The normalized spacial score (nSPS) is 12.6. The molecular formula is C32H32. The first-order valence-corrected chi connectivity index (χ1v) is 11.0. The van der Waals surface area contributed by atoms with Crippen LogP contribution in [0.25, 0.3) is 22.3 Å². The second-order valence-electron chi connectivity index (χ2n) is 8.11. The van der Waals surface area contributed by atoms with Crippen molar-refractivity contribution in [3.8, 4) is 11.1 Å². The molecule has 0 spiro atoms. The summed E-state index contributed by atoms with van der Waals surface area (Å²) in [4.78, 5) is 0. The first-order valence-electron chi connectivity index (χ1n) is 11.0. The molecule has 0 unspecified atom stereocenters. The highest BCUT2D eigenvalue weighted by Gasteiger charge is 2.08. The third kappa shape index (κ3) is 5.34. The Labute approximate surface area is 193 Å². The van der Waals surface area contributed by atoms with Crippen LogP contribution in [0.4, 0.5) is 0 Å². The number of hydrogen-bond donors (Lipinski definition) is 0. The Morgan fingerprint density at radius 3 is 2.03 bits per heavy atom. The standard InChI is InChI=1S/C32H32/c1-7-27(24(4)20-25(5)29-15-10-9-11-16-29)22-28(8-2)30-18-19-32(26(6)21-30)31-17-13-12-14-23(31)3/h7-22H,2,4H2,1,3,5-6H3/b25-20+,27-7+,28-22+. The molecule has 32 heavy (non-hydrogen) atoms. The highest BCUT2D eigenvalue weighted by molar-refractivity contribution is 5.81. The van der Waals surface area contributed by atoms with Crippen LogP contribution in [0.15, 0.2) is 121 Å². The highest BCUT2D eigenvalue weighted by Crippen LogP contribution is 2.30.